The first-order valence-corrected chi connectivity index (χ1v) is 12.6. The van der Waals surface area contributed by atoms with Crippen molar-refractivity contribution in [3.63, 3.8) is 0 Å². The summed E-state index contributed by atoms with van der Waals surface area (Å²) in [5.74, 6) is -0.439. The summed E-state index contributed by atoms with van der Waals surface area (Å²) < 4.78 is 27.9. The zero-order valence-corrected chi connectivity index (χ0v) is 21.2. The molecular weight excluding hydrogens is 479 g/mol. The molecule has 3 aromatic rings. The number of halogens is 2. The van der Waals surface area contributed by atoms with Crippen molar-refractivity contribution in [1.82, 2.24) is 5.32 Å². The molecule has 3 rings (SSSR count). The topological polar surface area (TPSA) is 66.5 Å². The summed E-state index contributed by atoms with van der Waals surface area (Å²) in [6.07, 6.45) is 0. The first-order chi connectivity index (χ1) is 15.5. The summed E-state index contributed by atoms with van der Waals surface area (Å²) in [5, 5.41) is 3.42. The molecule has 0 saturated heterocycles. The average molecular weight is 505 g/mol. The van der Waals surface area contributed by atoms with Crippen LogP contribution in [0.4, 0.5) is 5.69 Å². The van der Waals surface area contributed by atoms with Gasteiger partial charge < -0.3 is 5.32 Å². The van der Waals surface area contributed by atoms with E-state index in [1.165, 1.54) is 35.9 Å². The normalized spacial score (nSPS) is 12.3. The average Bonchev–Trinajstić information content (AvgIpc) is 2.77. The second-order valence-electron chi connectivity index (χ2n) is 8.01. The molecule has 1 amide bonds. The Labute approximate surface area is 205 Å². The molecule has 1 atom stereocenters. The first kappa shape index (κ1) is 25.1. The van der Waals surface area contributed by atoms with Crippen molar-refractivity contribution in [3.8, 4) is 0 Å². The Morgan fingerprint density at radius 2 is 1.55 bits per heavy atom. The van der Waals surface area contributed by atoms with E-state index in [1.54, 1.807) is 18.2 Å². The number of anilines is 1. The Balaban J connectivity index is 1.92. The molecule has 0 fully saturated rings. The standard InChI is InChI=1S/C25H26Cl2N2O3S/c1-16-12-18(3)22(13-17(16)2)19(4)28-25(30)15-29(20-10-11-23(26)24(27)14-20)33(31,32)21-8-6-5-7-9-21/h5-14,19H,15H2,1-4H3,(H,28,30)/t19-/m0/s1. The van der Waals surface area contributed by atoms with E-state index in [4.69, 9.17) is 23.2 Å². The maximum atomic E-state index is 13.4. The highest BCUT2D eigenvalue weighted by Gasteiger charge is 2.28. The van der Waals surface area contributed by atoms with Crippen molar-refractivity contribution >= 4 is 44.8 Å². The fourth-order valence-electron chi connectivity index (χ4n) is 3.62. The van der Waals surface area contributed by atoms with E-state index < -0.39 is 22.5 Å². The molecule has 0 aromatic heterocycles. The Morgan fingerprint density at radius 1 is 0.909 bits per heavy atom. The van der Waals surface area contributed by atoms with Crippen molar-refractivity contribution in [2.75, 3.05) is 10.8 Å². The lowest BCUT2D eigenvalue weighted by molar-refractivity contribution is -0.120. The zero-order chi connectivity index (χ0) is 24.3. The minimum Gasteiger partial charge on any atom is -0.348 e. The Kier molecular flexibility index (Phi) is 7.73. The summed E-state index contributed by atoms with van der Waals surface area (Å²) in [7, 11) is -4.03. The second kappa shape index (κ2) is 10.2. The van der Waals surface area contributed by atoms with Crippen molar-refractivity contribution in [3.05, 3.63) is 93.0 Å². The van der Waals surface area contributed by atoms with Gasteiger partial charge in [0.25, 0.3) is 10.0 Å². The van der Waals surface area contributed by atoms with E-state index in [0.29, 0.717) is 5.02 Å². The molecule has 3 aromatic carbocycles. The van der Waals surface area contributed by atoms with Crippen molar-refractivity contribution < 1.29 is 13.2 Å². The van der Waals surface area contributed by atoms with Crippen LogP contribution in [-0.4, -0.2) is 20.9 Å². The number of sulfonamides is 1. The highest BCUT2D eigenvalue weighted by atomic mass is 35.5. The summed E-state index contributed by atoms with van der Waals surface area (Å²) in [6, 6.07) is 16.3. The number of nitrogens with zero attached hydrogens (tertiary/aromatic N) is 1. The molecule has 0 heterocycles. The number of benzene rings is 3. The number of carbonyl (C=O) groups excluding carboxylic acids is 1. The molecule has 0 saturated carbocycles. The van der Waals surface area contributed by atoms with E-state index in [9.17, 15) is 13.2 Å². The van der Waals surface area contributed by atoms with Gasteiger partial charge in [0.15, 0.2) is 0 Å². The lowest BCUT2D eigenvalue weighted by Crippen LogP contribution is -2.41. The highest BCUT2D eigenvalue weighted by molar-refractivity contribution is 7.92. The Bertz CT molecular complexity index is 1280. The van der Waals surface area contributed by atoms with E-state index in [2.05, 4.69) is 11.4 Å². The van der Waals surface area contributed by atoms with E-state index >= 15 is 0 Å². The number of hydrogen-bond acceptors (Lipinski definition) is 3. The van der Waals surface area contributed by atoms with E-state index in [-0.39, 0.29) is 21.6 Å². The largest absolute Gasteiger partial charge is 0.348 e. The molecule has 33 heavy (non-hydrogen) atoms. The summed E-state index contributed by atoms with van der Waals surface area (Å²) in [4.78, 5) is 13.1. The van der Waals surface area contributed by atoms with E-state index in [0.717, 1.165) is 21.0 Å². The smallest absolute Gasteiger partial charge is 0.264 e. The number of nitrogens with one attached hydrogen (secondary N) is 1. The summed E-state index contributed by atoms with van der Waals surface area (Å²) in [6.45, 7) is 7.52. The predicted octanol–water partition coefficient (Wildman–Crippen LogP) is 5.99. The summed E-state index contributed by atoms with van der Waals surface area (Å²) >= 11 is 12.2. The quantitative estimate of drug-likeness (QED) is 0.429. The fourth-order valence-corrected chi connectivity index (χ4v) is 5.35. The van der Waals surface area contributed by atoms with Gasteiger partial charge in [-0.15, -0.1) is 0 Å². The zero-order valence-electron chi connectivity index (χ0n) is 18.9. The van der Waals surface area contributed by atoms with Gasteiger partial charge in [0, 0.05) is 0 Å². The van der Waals surface area contributed by atoms with E-state index in [1.807, 2.05) is 33.8 Å². The SMILES string of the molecule is Cc1cc(C)c([C@H](C)NC(=O)CN(c2ccc(Cl)c(Cl)c2)S(=O)(=O)c2ccccc2)cc1C. The van der Waals surface area contributed by atoms with Crippen molar-refractivity contribution in [1.29, 1.82) is 0 Å². The van der Waals surface area contributed by atoms with Gasteiger partial charge in [-0.2, -0.15) is 0 Å². The van der Waals surface area contributed by atoms with Crippen molar-refractivity contribution in [2.45, 2.75) is 38.6 Å². The van der Waals surface area contributed by atoms with Crippen LogP contribution in [0.3, 0.4) is 0 Å². The molecule has 0 aliphatic rings. The number of rotatable bonds is 7. The van der Waals surface area contributed by atoms with Crippen LogP contribution in [0.25, 0.3) is 0 Å². The third-order valence-corrected chi connectivity index (χ3v) is 8.06. The third kappa shape index (κ3) is 5.69. The van der Waals surface area contributed by atoms with Gasteiger partial charge in [0.1, 0.15) is 6.54 Å². The monoisotopic (exact) mass is 504 g/mol. The second-order valence-corrected chi connectivity index (χ2v) is 10.7. The molecule has 0 aliphatic heterocycles. The van der Waals surface area contributed by atoms with Crippen LogP contribution in [0, 0.1) is 20.8 Å². The lowest BCUT2D eigenvalue weighted by Gasteiger charge is -2.26. The summed E-state index contributed by atoms with van der Waals surface area (Å²) in [5.41, 5.74) is 4.59. The van der Waals surface area contributed by atoms with Crippen LogP contribution in [0.15, 0.2) is 65.6 Å². The molecule has 5 nitrogen and oxygen atoms in total. The maximum absolute atomic E-state index is 13.4. The molecule has 0 unspecified atom stereocenters. The molecule has 0 bridgehead atoms. The van der Waals surface area contributed by atoms with Crippen LogP contribution in [-0.2, 0) is 14.8 Å². The van der Waals surface area contributed by atoms with Gasteiger partial charge in [-0.3, -0.25) is 9.10 Å². The molecule has 0 radical (unpaired) electrons. The number of aryl methyl sites for hydroxylation is 3. The van der Waals surface area contributed by atoms with Crippen molar-refractivity contribution in [2.24, 2.45) is 0 Å². The number of carbonyl (C=O) groups is 1. The van der Waals surface area contributed by atoms with Crippen LogP contribution < -0.4 is 9.62 Å². The molecule has 0 spiro atoms. The number of hydrogen-bond donors (Lipinski definition) is 1. The van der Waals surface area contributed by atoms with Gasteiger partial charge in [-0.25, -0.2) is 8.42 Å². The highest BCUT2D eigenvalue weighted by Crippen LogP contribution is 2.30. The minimum absolute atomic E-state index is 0.0712. The fraction of sp³-hybridized carbons (Fsp3) is 0.240. The minimum atomic E-state index is -4.03. The van der Waals surface area contributed by atoms with Gasteiger partial charge >= 0.3 is 0 Å². The van der Waals surface area contributed by atoms with Gasteiger partial charge in [-0.05, 0) is 80.3 Å². The maximum Gasteiger partial charge on any atom is 0.264 e. The van der Waals surface area contributed by atoms with Gasteiger partial charge in [0.05, 0.1) is 26.7 Å². The third-order valence-electron chi connectivity index (χ3n) is 5.54. The molecule has 0 aliphatic carbocycles. The predicted molar refractivity (Wildman–Crippen MR) is 135 cm³/mol. The number of amides is 1. The van der Waals surface area contributed by atoms with Crippen LogP contribution in [0.2, 0.25) is 10.0 Å². The molecule has 174 valence electrons. The molecule has 1 N–H and O–H groups in total. The molecular formula is C25H26Cl2N2O3S. The Hall–Kier alpha value is -2.54. The lowest BCUT2D eigenvalue weighted by atomic mass is 9.96. The first-order valence-electron chi connectivity index (χ1n) is 10.4. The molecule has 8 heteroatoms. The van der Waals surface area contributed by atoms with Gasteiger partial charge in [-0.1, -0.05) is 53.5 Å². The Morgan fingerprint density at radius 3 is 2.18 bits per heavy atom. The van der Waals surface area contributed by atoms with Crippen LogP contribution in [0.5, 0.6) is 0 Å². The van der Waals surface area contributed by atoms with Crippen LogP contribution in [0.1, 0.15) is 35.2 Å². The van der Waals surface area contributed by atoms with Gasteiger partial charge in [0.2, 0.25) is 5.91 Å². The van der Waals surface area contributed by atoms with Crippen LogP contribution >= 0.6 is 23.2 Å².